The van der Waals surface area contributed by atoms with Crippen LogP contribution in [-0.2, 0) is 0 Å². The molecule has 1 fully saturated rings. The molecule has 2 heterocycles. The van der Waals surface area contributed by atoms with E-state index in [0.717, 1.165) is 24.0 Å². The molecule has 1 atom stereocenters. The maximum atomic E-state index is 4.29. The Kier molecular flexibility index (Phi) is 6.17. The molecule has 112 valence electrons. The SMILES string of the molecule is CS[C@H](C)CCN1CCCN(c2ccnc(C)c2)CC1. The molecule has 0 bridgehead atoms. The van der Waals surface area contributed by atoms with Gasteiger partial charge in [-0.25, -0.2) is 0 Å². The van der Waals surface area contributed by atoms with Crippen LogP contribution in [0.15, 0.2) is 18.3 Å². The molecule has 0 saturated carbocycles. The number of aryl methyl sites for hydroxylation is 1. The monoisotopic (exact) mass is 293 g/mol. The molecule has 4 heteroatoms. The molecule has 1 aromatic rings. The predicted molar refractivity (Wildman–Crippen MR) is 89.8 cm³/mol. The first-order chi connectivity index (χ1) is 9.69. The van der Waals surface area contributed by atoms with Crippen LogP contribution in [0.2, 0.25) is 0 Å². The quantitative estimate of drug-likeness (QED) is 0.831. The van der Waals surface area contributed by atoms with Crippen LogP contribution >= 0.6 is 11.8 Å². The molecule has 1 aliphatic rings. The van der Waals surface area contributed by atoms with E-state index in [0.29, 0.717) is 0 Å². The van der Waals surface area contributed by atoms with Gasteiger partial charge < -0.3 is 9.80 Å². The summed E-state index contributed by atoms with van der Waals surface area (Å²) in [6, 6.07) is 4.34. The van der Waals surface area contributed by atoms with Crippen LogP contribution in [0.5, 0.6) is 0 Å². The van der Waals surface area contributed by atoms with E-state index < -0.39 is 0 Å². The number of aromatic nitrogens is 1. The van der Waals surface area contributed by atoms with Crippen molar-refractivity contribution in [2.45, 2.75) is 31.9 Å². The lowest BCUT2D eigenvalue weighted by molar-refractivity contribution is 0.290. The van der Waals surface area contributed by atoms with Crippen LogP contribution in [-0.4, -0.2) is 54.1 Å². The Labute approximate surface area is 127 Å². The second-order valence-corrected chi connectivity index (χ2v) is 6.95. The summed E-state index contributed by atoms with van der Waals surface area (Å²) in [6.45, 7) is 10.4. The Morgan fingerprint density at radius 3 is 2.90 bits per heavy atom. The van der Waals surface area contributed by atoms with Crippen LogP contribution < -0.4 is 4.90 Å². The van der Waals surface area contributed by atoms with Crippen molar-refractivity contribution in [3.63, 3.8) is 0 Å². The van der Waals surface area contributed by atoms with Crippen LogP contribution in [0.1, 0.15) is 25.5 Å². The van der Waals surface area contributed by atoms with Crippen molar-refractivity contribution in [3.05, 3.63) is 24.0 Å². The van der Waals surface area contributed by atoms with E-state index in [1.165, 1.54) is 38.2 Å². The second-order valence-electron chi connectivity index (χ2n) is 5.67. The summed E-state index contributed by atoms with van der Waals surface area (Å²) in [6.07, 6.45) is 6.69. The van der Waals surface area contributed by atoms with Crippen molar-refractivity contribution in [1.29, 1.82) is 0 Å². The number of nitrogens with zero attached hydrogens (tertiary/aromatic N) is 3. The maximum absolute atomic E-state index is 4.29. The van der Waals surface area contributed by atoms with E-state index in [1.807, 2.05) is 18.0 Å². The summed E-state index contributed by atoms with van der Waals surface area (Å²) in [5.41, 5.74) is 2.44. The third-order valence-corrected chi connectivity index (χ3v) is 5.13. The summed E-state index contributed by atoms with van der Waals surface area (Å²) >= 11 is 1.97. The van der Waals surface area contributed by atoms with Gasteiger partial charge in [-0.2, -0.15) is 11.8 Å². The zero-order valence-electron chi connectivity index (χ0n) is 13.0. The van der Waals surface area contributed by atoms with Gasteiger partial charge in [-0.3, -0.25) is 4.98 Å². The molecule has 0 radical (unpaired) electrons. The standard InChI is InChI=1S/C16H27N3S/c1-14-13-16(5-7-17-14)19-9-4-8-18(11-12-19)10-6-15(2)20-3/h5,7,13,15H,4,6,8-12H2,1-3H3/t15-/m1/s1. The van der Waals surface area contributed by atoms with Gasteiger partial charge in [0.05, 0.1) is 0 Å². The summed E-state index contributed by atoms with van der Waals surface area (Å²) in [7, 11) is 0. The van der Waals surface area contributed by atoms with E-state index >= 15 is 0 Å². The summed E-state index contributed by atoms with van der Waals surface area (Å²) < 4.78 is 0. The Balaban J connectivity index is 1.86. The Morgan fingerprint density at radius 1 is 1.30 bits per heavy atom. The van der Waals surface area contributed by atoms with E-state index in [4.69, 9.17) is 0 Å². The van der Waals surface area contributed by atoms with Crippen molar-refractivity contribution in [2.75, 3.05) is 43.9 Å². The lowest BCUT2D eigenvalue weighted by atomic mass is 10.3. The van der Waals surface area contributed by atoms with Crippen molar-refractivity contribution in [1.82, 2.24) is 9.88 Å². The number of rotatable bonds is 5. The van der Waals surface area contributed by atoms with Gasteiger partial charge in [0.15, 0.2) is 0 Å². The highest BCUT2D eigenvalue weighted by Gasteiger charge is 2.15. The van der Waals surface area contributed by atoms with Gasteiger partial charge in [0.2, 0.25) is 0 Å². The van der Waals surface area contributed by atoms with Crippen LogP contribution in [0.25, 0.3) is 0 Å². The van der Waals surface area contributed by atoms with Crippen LogP contribution in [0.3, 0.4) is 0 Å². The predicted octanol–water partition coefficient (Wildman–Crippen LogP) is 3.04. The van der Waals surface area contributed by atoms with E-state index in [-0.39, 0.29) is 0 Å². The highest BCUT2D eigenvalue weighted by molar-refractivity contribution is 7.99. The van der Waals surface area contributed by atoms with Crippen LogP contribution in [0.4, 0.5) is 5.69 Å². The highest BCUT2D eigenvalue weighted by Crippen LogP contribution is 2.17. The molecule has 0 amide bonds. The van der Waals surface area contributed by atoms with Crippen molar-refractivity contribution in [2.24, 2.45) is 0 Å². The van der Waals surface area contributed by atoms with Gasteiger partial charge in [0.1, 0.15) is 0 Å². The number of thioether (sulfide) groups is 1. The molecule has 2 rings (SSSR count). The summed E-state index contributed by atoms with van der Waals surface area (Å²) in [5.74, 6) is 0. The summed E-state index contributed by atoms with van der Waals surface area (Å²) in [5, 5.41) is 0.775. The normalized spacial score (nSPS) is 18.9. The van der Waals surface area contributed by atoms with Crippen molar-refractivity contribution >= 4 is 17.4 Å². The van der Waals surface area contributed by atoms with Crippen LogP contribution in [0, 0.1) is 6.92 Å². The smallest absolute Gasteiger partial charge is 0.0400 e. The van der Waals surface area contributed by atoms with E-state index in [1.54, 1.807) is 0 Å². The highest BCUT2D eigenvalue weighted by atomic mass is 32.2. The zero-order chi connectivity index (χ0) is 14.4. The minimum Gasteiger partial charge on any atom is -0.370 e. The van der Waals surface area contributed by atoms with Gasteiger partial charge in [-0.15, -0.1) is 0 Å². The lowest BCUT2D eigenvalue weighted by Gasteiger charge is -2.24. The first kappa shape index (κ1) is 15.6. The van der Waals surface area contributed by atoms with Gasteiger partial charge in [0.25, 0.3) is 0 Å². The van der Waals surface area contributed by atoms with Gasteiger partial charge in [-0.05, 0) is 51.2 Å². The Hall–Kier alpha value is -0.740. The molecule has 0 N–H and O–H groups in total. The fourth-order valence-electron chi connectivity index (χ4n) is 2.66. The second kappa shape index (κ2) is 7.89. The molecular weight excluding hydrogens is 266 g/mol. The zero-order valence-corrected chi connectivity index (χ0v) is 13.8. The fraction of sp³-hybridized carbons (Fsp3) is 0.688. The molecule has 0 unspecified atom stereocenters. The average Bonchev–Trinajstić information content (AvgIpc) is 2.70. The van der Waals surface area contributed by atoms with Crippen molar-refractivity contribution < 1.29 is 0 Å². The minimum atomic E-state index is 0.775. The lowest BCUT2D eigenvalue weighted by Crippen LogP contribution is -2.32. The number of pyridine rings is 1. The third kappa shape index (κ3) is 4.67. The van der Waals surface area contributed by atoms with Crippen molar-refractivity contribution in [3.8, 4) is 0 Å². The topological polar surface area (TPSA) is 19.4 Å². The first-order valence-electron chi connectivity index (χ1n) is 7.62. The molecule has 0 spiro atoms. The molecule has 1 aromatic heterocycles. The molecule has 0 aliphatic carbocycles. The molecule has 3 nitrogen and oxygen atoms in total. The van der Waals surface area contributed by atoms with Gasteiger partial charge in [-0.1, -0.05) is 6.92 Å². The summed E-state index contributed by atoms with van der Waals surface area (Å²) in [4.78, 5) is 9.42. The Bertz CT molecular complexity index is 410. The molecular formula is C16H27N3S. The van der Waals surface area contributed by atoms with E-state index in [2.05, 4.69) is 47.0 Å². The largest absolute Gasteiger partial charge is 0.370 e. The Morgan fingerprint density at radius 2 is 2.15 bits per heavy atom. The number of hydrogen-bond donors (Lipinski definition) is 0. The molecule has 0 aromatic carbocycles. The fourth-order valence-corrected chi connectivity index (χ4v) is 3.00. The van der Waals surface area contributed by atoms with Gasteiger partial charge in [0, 0.05) is 42.5 Å². The number of anilines is 1. The molecule has 1 aliphatic heterocycles. The van der Waals surface area contributed by atoms with Gasteiger partial charge >= 0.3 is 0 Å². The maximum Gasteiger partial charge on any atom is 0.0400 e. The van der Waals surface area contributed by atoms with E-state index in [9.17, 15) is 0 Å². The minimum absolute atomic E-state index is 0.775. The third-order valence-electron chi connectivity index (χ3n) is 4.09. The number of hydrogen-bond acceptors (Lipinski definition) is 4. The molecule has 1 saturated heterocycles. The first-order valence-corrected chi connectivity index (χ1v) is 8.90. The molecule has 20 heavy (non-hydrogen) atoms. The average molecular weight is 293 g/mol.